The van der Waals surface area contributed by atoms with Crippen LogP contribution in [0.15, 0.2) is 29.2 Å². The summed E-state index contributed by atoms with van der Waals surface area (Å²) in [6.07, 6.45) is 1.49. The Morgan fingerprint density at radius 1 is 1.29 bits per heavy atom. The van der Waals surface area contributed by atoms with E-state index in [1.165, 1.54) is 0 Å². The van der Waals surface area contributed by atoms with E-state index < -0.39 is 9.84 Å². The Bertz CT molecular complexity index is 555. The Labute approximate surface area is 129 Å². The molecule has 120 valence electrons. The summed E-state index contributed by atoms with van der Waals surface area (Å²) < 4.78 is 24.8. The molecule has 0 fully saturated rings. The maximum Gasteiger partial charge on any atom is 0.180 e. The lowest BCUT2D eigenvalue weighted by Gasteiger charge is -2.33. The van der Waals surface area contributed by atoms with Crippen molar-refractivity contribution in [3.8, 4) is 0 Å². The Kier molecular flexibility index (Phi) is 6.23. The van der Waals surface area contributed by atoms with Gasteiger partial charge in [-0.15, -0.1) is 0 Å². The van der Waals surface area contributed by atoms with Crippen molar-refractivity contribution < 1.29 is 8.42 Å². The van der Waals surface area contributed by atoms with Gasteiger partial charge >= 0.3 is 0 Å². The van der Waals surface area contributed by atoms with Gasteiger partial charge in [-0.2, -0.15) is 0 Å². The molecule has 0 bridgehead atoms. The minimum absolute atomic E-state index is 0.162. The van der Waals surface area contributed by atoms with Crippen molar-refractivity contribution in [2.75, 3.05) is 17.6 Å². The predicted molar refractivity (Wildman–Crippen MR) is 89.3 cm³/mol. The maximum atomic E-state index is 12.4. The molecule has 4 nitrogen and oxygen atoms in total. The van der Waals surface area contributed by atoms with Crippen molar-refractivity contribution in [1.29, 1.82) is 0 Å². The number of para-hydroxylation sites is 1. The molecule has 1 unspecified atom stereocenters. The summed E-state index contributed by atoms with van der Waals surface area (Å²) in [5, 5.41) is 3.37. The van der Waals surface area contributed by atoms with Crippen molar-refractivity contribution in [3.63, 3.8) is 0 Å². The van der Waals surface area contributed by atoms with Gasteiger partial charge in [0, 0.05) is 12.1 Å². The van der Waals surface area contributed by atoms with Crippen molar-refractivity contribution in [2.24, 2.45) is 11.7 Å². The van der Waals surface area contributed by atoms with E-state index >= 15 is 0 Å². The number of rotatable bonds is 8. The van der Waals surface area contributed by atoms with E-state index in [1.807, 2.05) is 26.0 Å². The average molecular weight is 312 g/mol. The zero-order valence-electron chi connectivity index (χ0n) is 13.5. The van der Waals surface area contributed by atoms with Gasteiger partial charge in [0.1, 0.15) is 0 Å². The van der Waals surface area contributed by atoms with Crippen LogP contribution >= 0.6 is 0 Å². The van der Waals surface area contributed by atoms with Crippen LogP contribution in [-0.4, -0.2) is 26.3 Å². The Hall–Kier alpha value is -1.07. The molecular formula is C16H28N2O2S. The lowest BCUT2D eigenvalue weighted by Crippen LogP contribution is -2.44. The molecule has 1 rings (SSSR count). The molecular weight excluding hydrogens is 284 g/mol. The van der Waals surface area contributed by atoms with Crippen LogP contribution in [0.4, 0.5) is 5.69 Å². The first-order valence-electron chi connectivity index (χ1n) is 7.54. The van der Waals surface area contributed by atoms with Gasteiger partial charge in [-0.3, -0.25) is 0 Å². The van der Waals surface area contributed by atoms with Crippen LogP contribution in [0.2, 0.25) is 0 Å². The van der Waals surface area contributed by atoms with Crippen LogP contribution in [0.1, 0.15) is 40.5 Å². The first-order chi connectivity index (χ1) is 9.74. The van der Waals surface area contributed by atoms with E-state index in [4.69, 9.17) is 5.73 Å². The van der Waals surface area contributed by atoms with Crippen molar-refractivity contribution in [1.82, 2.24) is 0 Å². The predicted octanol–water partition coefficient (Wildman–Crippen LogP) is 3.05. The molecule has 0 aliphatic rings. The Balaban J connectivity index is 3.15. The quantitative estimate of drug-likeness (QED) is 0.774. The second-order valence-corrected chi connectivity index (χ2v) is 8.38. The number of anilines is 1. The van der Waals surface area contributed by atoms with Crippen LogP contribution in [0, 0.1) is 5.92 Å². The molecule has 0 aliphatic carbocycles. The van der Waals surface area contributed by atoms with Gasteiger partial charge in [-0.1, -0.05) is 32.9 Å². The maximum absolute atomic E-state index is 12.4. The lowest BCUT2D eigenvalue weighted by atomic mass is 9.90. The van der Waals surface area contributed by atoms with Gasteiger partial charge in [-0.25, -0.2) is 8.42 Å². The summed E-state index contributed by atoms with van der Waals surface area (Å²) in [6.45, 7) is 8.63. The molecule has 0 aromatic heterocycles. The van der Waals surface area contributed by atoms with Crippen LogP contribution < -0.4 is 11.1 Å². The number of hydrogen-bond acceptors (Lipinski definition) is 4. The SMILES string of the molecule is CCCS(=O)(=O)c1ccccc1NC(C)(CN)CC(C)C. The second kappa shape index (κ2) is 7.27. The third-order valence-electron chi connectivity index (χ3n) is 3.44. The molecule has 0 radical (unpaired) electrons. The second-order valence-electron chi connectivity index (χ2n) is 6.30. The molecule has 5 heteroatoms. The normalized spacial score (nSPS) is 15.0. The highest BCUT2D eigenvalue weighted by Gasteiger charge is 2.26. The average Bonchev–Trinajstić information content (AvgIpc) is 2.38. The van der Waals surface area contributed by atoms with Crippen LogP contribution in [0.25, 0.3) is 0 Å². The zero-order valence-corrected chi connectivity index (χ0v) is 14.3. The molecule has 0 heterocycles. The Morgan fingerprint density at radius 2 is 1.90 bits per heavy atom. The van der Waals surface area contributed by atoms with Gasteiger partial charge in [0.05, 0.1) is 16.3 Å². The van der Waals surface area contributed by atoms with Gasteiger partial charge < -0.3 is 11.1 Å². The summed E-state index contributed by atoms with van der Waals surface area (Å²) >= 11 is 0. The van der Waals surface area contributed by atoms with Crippen molar-refractivity contribution in [2.45, 2.75) is 51.0 Å². The molecule has 0 amide bonds. The molecule has 1 atom stereocenters. The molecule has 1 aromatic carbocycles. The number of sulfone groups is 1. The monoisotopic (exact) mass is 312 g/mol. The molecule has 3 N–H and O–H groups in total. The van der Waals surface area contributed by atoms with Crippen LogP contribution in [0.5, 0.6) is 0 Å². The van der Waals surface area contributed by atoms with E-state index in [2.05, 4.69) is 19.2 Å². The molecule has 0 spiro atoms. The topological polar surface area (TPSA) is 72.2 Å². The van der Waals surface area contributed by atoms with Crippen molar-refractivity contribution in [3.05, 3.63) is 24.3 Å². The number of hydrogen-bond donors (Lipinski definition) is 2. The van der Waals surface area contributed by atoms with E-state index in [1.54, 1.807) is 12.1 Å². The fourth-order valence-electron chi connectivity index (χ4n) is 2.63. The summed E-state index contributed by atoms with van der Waals surface area (Å²) in [6, 6.07) is 7.09. The van der Waals surface area contributed by atoms with E-state index in [-0.39, 0.29) is 11.3 Å². The minimum atomic E-state index is -3.25. The van der Waals surface area contributed by atoms with E-state index in [9.17, 15) is 8.42 Å². The molecule has 0 saturated carbocycles. The molecule has 1 aromatic rings. The largest absolute Gasteiger partial charge is 0.378 e. The number of nitrogens with one attached hydrogen (secondary N) is 1. The highest BCUT2D eigenvalue weighted by Crippen LogP contribution is 2.28. The zero-order chi connectivity index (χ0) is 16.1. The summed E-state index contributed by atoms with van der Waals surface area (Å²) in [4.78, 5) is 0.371. The van der Waals surface area contributed by atoms with Crippen LogP contribution in [0.3, 0.4) is 0 Å². The number of nitrogens with two attached hydrogens (primary N) is 1. The van der Waals surface area contributed by atoms with Gasteiger partial charge in [-0.05, 0) is 37.8 Å². The highest BCUT2D eigenvalue weighted by molar-refractivity contribution is 7.91. The van der Waals surface area contributed by atoms with Crippen LogP contribution in [-0.2, 0) is 9.84 Å². The lowest BCUT2D eigenvalue weighted by molar-refractivity contribution is 0.406. The smallest absolute Gasteiger partial charge is 0.180 e. The third-order valence-corrected chi connectivity index (χ3v) is 5.41. The first-order valence-corrected chi connectivity index (χ1v) is 9.19. The third kappa shape index (κ3) is 5.00. The fourth-order valence-corrected chi connectivity index (χ4v) is 4.13. The molecule has 0 saturated heterocycles. The van der Waals surface area contributed by atoms with Gasteiger partial charge in [0.2, 0.25) is 0 Å². The van der Waals surface area contributed by atoms with Gasteiger partial charge in [0.25, 0.3) is 0 Å². The minimum Gasteiger partial charge on any atom is -0.378 e. The highest BCUT2D eigenvalue weighted by atomic mass is 32.2. The van der Waals surface area contributed by atoms with E-state index in [0.29, 0.717) is 29.5 Å². The summed E-state index contributed by atoms with van der Waals surface area (Å²) in [5.74, 6) is 0.639. The van der Waals surface area contributed by atoms with Crippen molar-refractivity contribution >= 4 is 15.5 Å². The molecule has 0 aliphatic heterocycles. The summed E-state index contributed by atoms with van der Waals surface area (Å²) in [7, 11) is -3.25. The molecule has 21 heavy (non-hydrogen) atoms. The first kappa shape index (κ1) is 18.0. The summed E-state index contributed by atoms with van der Waals surface area (Å²) in [5.41, 5.74) is 6.25. The standard InChI is InChI=1S/C16H28N2O2S/c1-5-10-21(19,20)15-9-7-6-8-14(15)18-16(4,12-17)11-13(2)3/h6-9,13,18H,5,10-12,17H2,1-4H3. The Morgan fingerprint density at radius 3 is 2.43 bits per heavy atom. The number of benzene rings is 1. The fraction of sp³-hybridized carbons (Fsp3) is 0.625. The van der Waals surface area contributed by atoms with E-state index in [0.717, 1.165) is 6.42 Å². The van der Waals surface area contributed by atoms with Gasteiger partial charge in [0.15, 0.2) is 9.84 Å².